The number of guanidine groups is 1. The van der Waals surface area contributed by atoms with E-state index in [1.165, 1.54) is 17.8 Å². The maximum absolute atomic E-state index is 11.8. The molecule has 0 aromatic carbocycles. The zero-order chi connectivity index (χ0) is 18.7. The highest BCUT2D eigenvalue weighted by Gasteiger charge is 2.31. The molecule has 0 radical (unpaired) electrons. The van der Waals surface area contributed by atoms with Gasteiger partial charge in [0.2, 0.25) is 5.13 Å². The molecule has 142 valence electrons. The van der Waals surface area contributed by atoms with Crippen LogP contribution in [0.4, 0.5) is 5.13 Å². The Kier molecular flexibility index (Phi) is 6.26. The van der Waals surface area contributed by atoms with Crippen molar-refractivity contribution in [2.24, 2.45) is 4.99 Å². The second kappa shape index (κ2) is 7.86. The van der Waals surface area contributed by atoms with Crippen LogP contribution in [0.1, 0.15) is 26.6 Å². The van der Waals surface area contributed by atoms with Crippen molar-refractivity contribution in [1.82, 2.24) is 19.6 Å². The van der Waals surface area contributed by atoms with Gasteiger partial charge in [-0.25, -0.2) is 13.4 Å². The topological polar surface area (TPSA) is 90.8 Å². The SMILES string of the molecule is CCc1nsc(N2CCN(C(=NC)NCC(C)(C)S(C)(=O)=O)CC2)n1. The molecule has 8 nitrogen and oxygen atoms in total. The first kappa shape index (κ1) is 19.9. The average molecular weight is 389 g/mol. The second-order valence-corrected chi connectivity index (χ2v) is 10.1. The molecule has 1 aliphatic heterocycles. The molecule has 0 bridgehead atoms. The molecular formula is C15H28N6O2S2. The summed E-state index contributed by atoms with van der Waals surface area (Å²) in [7, 11) is -1.42. The van der Waals surface area contributed by atoms with E-state index in [-0.39, 0.29) is 0 Å². The minimum Gasteiger partial charge on any atom is -0.355 e. The molecule has 2 rings (SSSR count). The molecule has 1 aliphatic rings. The summed E-state index contributed by atoms with van der Waals surface area (Å²) in [5.41, 5.74) is 0. The molecule has 0 unspecified atom stereocenters. The number of hydrogen-bond acceptors (Lipinski definition) is 7. The molecular weight excluding hydrogens is 360 g/mol. The highest BCUT2D eigenvalue weighted by Crippen LogP contribution is 2.19. The van der Waals surface area contributed by atoms with Crippen LogP contribution < -0.4 is 10.2 Å². The van der Waals surface area contributed by atoms with E-state index in [4.69, 9.17) is 0 Å². The van der Waals surface area contributed by atoms with Crippen LogP contribution in [0, 0.1) is 0 Å². The fraction of sp³-hybridized carbons (Fsp3) is 0.800. The maximum atomic E-state index is 11.8. The van der Waals surface area contributed by atoms with Crippen molar-refractivity contribution < 1.29 is 8.42 Å². The number of aryl methyl sites for hydroxylation is 1. The Morgan fingerprint density at radius 2 is 1.96 bits per heavy atom. The van der Waals surface area contributed by atoms with E-state index < -0.39 is 14.6 Å². The van der Waals surface area contributed by atoms with Gasteiger partial charge in [0, 0.05) is 64.0 Å². The van der Waals surface area contributed by atoms with Crippen molar-refractivity contribution in [3.8, 4) is 0 Å². The van der Waals surface area contributed by atoms with Gasteiger partial charge in [-0.05, 0) is 13.8 Å². The van der Waals surface area contributed by atoms with Crippen molar-refractivity contribution in [3.63, 3.8) is 0 Å². The monoisotopic (exact) mass is 388 g/mol. The van der Waals surface area contributed by atoms with Crippen LogP contribution in [0.5, 0.6) is 0 Å². The molecule has 0 atom stereocenters. The molecule has 25 heavy (non-hydrogen) atoms. The van der Waals surface area contributed by atoms with E-state index in [0.29, 0.717) is 6.54 Å². The van der Waals surface area contributed by atoms with Crippen LogP contribution >= 0.6 is 11.5 Å². The van der Waals surface area contributed by atoms with Gasteiger partial charge in [0.25, 0.3) is 0 Å². The lowest BCUT2D eigenvalue weighted by Gasteiger charge is -2.37. The quantitative estimate of drug-likeness (QED) is 0.584. The standard InChI is InChI=1S/C15H28N6O2S2/c1-6-12-18-14(24-19-12)21-9-7-20(8-10-21)13(16-4)17-11-15(2,3)25(5,22)23/h6-11H2,1-5H3,(H,16,17). The van der Waals surface area contributed by atoms with Gasteiger partial charge < -0.3 is 15.1 Å². The predicted molar refractivity (Wildman–Crippen MR) is 103 cm³/mol. The molecule has 0 aliphatic carbocycles. The molecule has 1 fully saturated rings. The Balaban J connectivity index is 1.92. The van der Waals surface area contributed by atoms with E-state index >= 15 is 0 Å². The Hall–Kier alpha value is -1.42. The highest BCUT2D eigenvalue weighted by molar-refractivity contribution is 7.92. The molecule has 1 aromatic heterocycles. The third-order valence-electron chi connectivity index (χ3n) is 4.51. The number of nitrogens with one attached hydrogen (secondary N) is 1. The number of aliphatic imine (C=N–C) groups is 1. The Morgan fingerprint density at radius 3 is 2.44 bits per heavy atom. The van der Waals surface area contributed by atoms with Gasteiger partial charge in [0.1, 0.15) is 5.82 Å². The smallest absolute Gasteiger partial charge is 0.205 e. The lowest BCUT2D eigenvalue weighted by molar-refractivity contribution is 0.370. The predicted octanol–water partition coefficient (Wildman–Crippen LogP) is 0.621. The zero-order valence-electron chi connectivity index (χ0n) is 15.6. The zero-order valence-corrected chi connectivity index (χ0v) is 17.2. The Labute approximate surface area is 154 Å². The van der Waals surface area contributed by atoms with Crippen molar-refractivity contribution >= 4 is 32.5 Å². The normalized spacial score (nSPS) is 17.1. The van der Waals surface area contributed by atoms with E-state index in [0.717, 1.165) is 49.5 Å². The number of nitrogens with zero attached hydrogens (tertiary/aromatic N) is 5. The molecule has 10 heteroatoms. The van der Waals surface area contributed by atoms with Crippen molar-refractivity contribution in [1.29, 1.82) is 0 Å². The minimum absolute atomic E-state index is 0.328. The van der Waals surface area contributed by atoms with E-state index in [1.807, 2.05) is 0 Å². The molecule has 1 saturated heterocycles. The first-order valence-electron chi connectivity index (χ1n) is 8.40. The molecule has 1 N–H and O–H groups in total. The van der Waals surface area contributed by atoms with Crippen LogP contribution in [-0.2, 0) is 16.3 Å². The number of hydrogen-bond donors (Lipinski definition) is 1. The summed E-state index contributed by atoms with van der Waals surface area (Å²) in [6.07, 6.45) is 2.12. The number of piperazine rings is 1. The van der Waals surface area contributed by atoms with Gasteiger partial charge in [-0.2, -0.15) is 4.37 Å². The lowest BCUT2D eigenvalue weighted by atomic mass is 10.2. The molecule has 1 aromatic rings. The summed E-state index contributed by atoms with van der Waals surface area (Å²) in [5, 5.41) is 4.18. The van der Waals surface area contributed by atoms with Crippen LogP contribution in [0.3, 0.4) is 0 Å². The molecule has 0 saturated carbocycles. The summed E-state index contributed by atoms with van der Waals surface area (Å²) < 4.78 is 27.2. The molecule has 0 amide bonds. The number of anilines is 1. The summed E-state index contributed by atoms with van der Waals surface area (Å²) in [4.78, 5) is 13.2. The van der Waals surface area contributed by atoms with Gasteiger partial charge in [0.15, 0.2) is 15.8 Å². The fourth-order valence-corrected chi connectivity index (χ4v) is 3.52. The van der Waals surface area contributed by atoms with Crippen molar-refractivity contribution in [2.45, 2.75) is 31.9 Å². The van der Waals surface area contributed by atoms with Crippen molar-refractivity contribution in [3.05, 3.63) is 5.82 Å². The van der Waals surface area contributed by atoms with Gasteiger partial charge >= 0.3 is 0 Å². The number of rotatable bonds is 5. The summed E-state index contributed by atoms with van der Waals surface area (Å²) in [5.74, 6) is 1.63. The van der Waals surface area contributed by atoms with E-state index in [1.54, 1.807) is 20.9 Å². The van der Waals surface area contributed by atoms with Crippen LogP contribution in [0.25, 0.3) is 0 Å². The summed E-state index contributed by atoms with van der Waals surface area (Å²) in [6.45, 7) is 9.12. The van der Waals surface area contributed by atoms with Gasteiger partial charge in [-0.3, -0.25) is 4.99 Å². The second-order valence-electron chi connectivity index (χ2n) is 6.75. The minimum atomic E-state index is -3.14. The van der Waals surface area contributed by atoms with Crippen LogP contribution in [0.15, 0.2) is 4.99 Å². The third-order valence-corrected chi connectivity index (χ3v) is 7.48. The summed E-state index contributed by atoms with van der Waals surface area (Å²) in [6, 6.07) is 0. The third kappa shape index (κ3) is 4.81. The Morgan fingerprint density at radius 1 is 1.32 bits per heavy atom. The molecule has 0 spiro atoms. The molecule has 2 heterocycles. The van der Waals surface area contributed by atoms with Crippen molar-refractivity contribution in [2.75, 3.05) is 50.9 Å². The Bertz CT molecular complexity index is 705. The lowest BCUT2D eigenvalue weighted by Crippen LogP contribution is -2.55. The number of aromatic nitrogens is 2. The fourth-order valence-electron chi connectivity index (χ4n) is 2.38. The van der Waals surface area contributed by atoms with Gasteiger partial charge in [0.05, 0.1) is 4.75 Å². The van der Waals surface area contributed by atoms with Gasteiger partial charge in [-0.1, -0.05) is 6.92 Å². The van der Waals surface area contributed by atoms with E-state index in [9.17, 15) is 8.42 Å². The van der Waals surface area contributed by atoms with Gasteiger partial charge in [-0.15, -0.1) is 0 Å². The van der Waals surface area contributed by atoms with E-state index in [2.05, 4.69) is 36.4 Å². The first-order chi connectivity index (χ1) is 11.7. The maximum Gasteiger partial charge on any atom is 0.205 e. The number of sulfone groups is 1. The summed E-state index contributed by atoms with van der Waals surface area (Å²) >= 11 is 1.45. The first-order valence-corrected chi connectivity index (χ1v) is 11.1. The average Bonchev–Trinajstić information content (AvgIpc) is 3.04. The largest absolute Gasteiger partial charge is 0.355 e. The highest BCUT2D eigenvalue weighted by atomic mass is 32.2. The van der Waals surface area contributed by atoms with Crippen LogP contribution in [0.2, 0.25) is 0 Å². The van der Waals surface area contributed by atoms with Crippen LogP contribution in [-0.4, -0.2) is 79.4 Å².